The summed E-state index contributed by atoms with van der Waals surface area (Å²) >= 11 is 0. The lowest BCUT2D eigenvalue weighted by molar-refractivity contribution is -0.108. The number of aliphatic hydroxyl groups excluding tert-OH is 4. The van der Waals surface area contributed by atoms with Gasteiger partial charge in [0, 0.05) is 0 Å². The van der Waals surface area contributed by atoms with E-state index in [9.17, 15) is 39.3 Å². The molecule has 0 spiro atoms. The summed E-state index contributed by atoms with van der Waals surface area (Å²) in [5, 5.41) is 39.1. The summed E-state index contributed by atoms with van der Waals surface area (Å²) in [6, 6.07) is 0. The van der Waals surface area contributed by atoms with Gasteiger partial charge in [0.2, 0.25) is 0 Å². The van der Waals surface area contributed by atoms with E-state index in [0.717, 1.165) is 0 Å². The molecule has 10 N–H and O–H groups in total. The second-order valence-electron chi connectivity index (χ2n) is 9.33. The third kappa shape index (κ3) is 8.52. The minimum atomic E-state index is -4.84. The van der Waals surface area contributed by atoms with Crippen LogP contribution in [0.3, 0.4) is 0 Å². The van der Waals surface area contributed by atoms with E-state index >= 15 is 0 Å². The lowest BCUT2D eigenvalue weighted by Crippen LogP contribution is -2.30. The minimum Gasteiger partial charge on any atom is -0.394 e. The molecule has 0 radical (unpaired) electrons. The molecule has 0 aromatic carbocycles. The van der Waals surface area contributed by atoms with E-state index in [1.165, 1.54) is 34.4 Å². The zero-order valence-corrected chi connectivity index (χ0v) is 25.1. The van der Waals surface area contributed by atoms with Crippen molar-refractivity contribution in [2.24, 2.45) is 0 Å². The highest BCUT2D eigenvalue weighted by atomic mass is 31.2. The highest BCUT2D eigenvalue weighted by Crippen LogP contribution is 2.58. The first-order chi connectivity index (χ1) is 21.4. The number of nitrogens with zero attached hydrogens (tertiary/aromatic N) is 8. The molecule has 0 saturated heterocycles. The van der Waals surface area contributed by atoms with Gasteiger partial charge in [0.05, 0.1) is 52.3 Å². The maximum Gasteiger partial charge on any atom is 0.340 e. The van der Waals surface area contributed by atoms with Crippen LogP contribution < -0.4 is 11.5 Å². The quantitative estimate of drug-likeness (QED) is 0.0524. The highest BCUT2D eigenvalue weighted by Gasteiger charge is 2.36. The molecule has 0 bridgehead atoms. The number of aromatic nitrogens is 8. The Hall–Kier alpha value is -3.24. The minimum absolute atomic E-state index is 0.0759. The highest BCUT2D eigenvalue weighted by molar-refractivity contribution is 7.70. The number of aliphatic hydroxyl groups is 4. The molecule has 22 nitrogen and oxygen atoms in total. The summed E-state index contributed by atoms with van der Waals surface area (Å²) < 4.78 is 48.9. The van der Waals surface area contributed by atoms with Crippen molar-refractivity contribution >= 4 is 49.2 Å². The summed E-state index contributed by atoms with van der Waals surface area (Å²) in [5.41, 5.74) is 12.4. The van der Waals surface area contributed by atoms with Crippen molar-refractivity contribution in [2.75, 3.05) is 57.0 Å². The average Bonchev–Trinajstić information content (AvgIpc) is 3.64. The van der Waals surface area contributed by atoms with Crippen LogP contribution in [0.1, 0.15) is 12.5 Å². The molecule has 4 heterocycles. The molecule has 4 aromatic rings. The first-order valence-corrected chi connectivity index (χ1v) is 16.5. The lowest BCUT2D eigenvalue weighted by Gasteiger charge is -2.25. The Kier molecular flexibility index (Phi) is 11.5. The molecule has 0 aliphatic rings. The van der Waals surface area contributed by atoms with Gasteiger partial charge < -0.3 is 60.2 Å². The Labute approximate surface area is 253 Å². The van der Waals surface area contributed by atoms with Crippen LogP contribution in [0.2, 0.25) is 0 Å². The number of imidazole rings is 2. The van der Waals surface area contributed by atoms with Crippen molar-refractivity contribution in [3.63, 3.8) is 0 Å². The standard InChI is InChI=1S/C21H32N10O12P2/c22-18-16-20(26-7-24-18)30(9-28-16)14(3-34)42-12(1-32)5-40-44(36,37)11-45(38,39)41-6-13(2-33)43-15(4-35)31-10-29-17-19(23)25-8-27-21(17)31/h7-10,12-15,32-35H,1-6,11H2,(H,36,37)(H,38,39)(H2,22,24,26)(H2,23,25,27). The monoisotopic (exact) mass is 678 g/mol. The number of ether oxygens (including phenoxy) is 2. The predicted octanol–water partition coefficient (Wildman–Crippen LogP) is -2.07. The number of nitrogens with two attached hydrogens (primary N) is 2. The third-order valence-electron chi connectivity index (χ3n) is 6.10. The van der Waals surface area contributed by atoms with Crippen LogP contribution in [0.5, 0.6) is 0 Å². The van der Waals surface area contributed by atoms with Gasteiger partial charge in [-0.1, -0.05) is 0 Å². The summed E-state index contributed by atoms with van der Waals surface area (Å²) in [6.07, 6.45) is -0.0889. The van der Waals surface area contributed by atoms with Gasteiger partial charge in [0.1, 0.15) is 35.9 Å². The molecule has 0 amide bonds. The van der Waals surface area contributed by atoms with Gasteiger partial charge in [-0.25, -0.2) is 29.9 Å². The Morgan fingerprint density at radius 3 is 1.42 bits per heavy atom. The molecule has 4 aromatic heterocycles. The van der Waals surface area contributed by atoms with Crippen molar-refractivity contribution in [1.29, 1.82) is 0 Å². The van der Waals surface area contributed by atoms with Gasteiger partial charge in [-0.2, -0.15) is 0 Å². The third-order valence-corrected chi connectivity index (χ3v) is 10.1. The number of hydrogen-bond acceptors (Lipinski definition) is 18. The SMILES string of the molecule is Nc1ncnc2c1ncn2C(CO)OC(CO)COP(=O)(O)CP(=O)(O)OCC(CO)OC(CO)n1cnc2c(N)ncnc21. The van der Waals surface area contributed by atoms with Crippen molar-refractivity contribution in [3.8, 4) is 0 Å². The van der Waals surface area contributed by atoms with Crippen molar-refractivity contribution in [2.45, 2.75) is 24.7 Å². The zero-order valence-electron chi connectivity index (χ0n) is 23.3. The van der Waals surface area contributed by atoms with Crippen LogP contribution in [-0.2, 0) is 27.7 Å². The fourth-order valence-electron chi connectivity index (χ4n) is 3.98. The molecule has 0 aliphatic carbocycles. The maximum absolute atomic E-state index is 12.6. The molecular weight excluding hydrogens is 646 g/mol. The molecule has 45 heavy (non-hydrogen) atoms. The number of fused-ring (bicyclic) bond motifs is 2. The number of hydrogen-bond donors (Lipinski definition) is 8. The summed E-state index contributed by atoms with van der Waals surface area (Å²) in [6.45, 7) is -4.21. The average molecular weight is 678 g/mol. The molecule has 0 aliphatic heterocycles. The van der Waals surface area contributed by atoms with E-state index in [1.54, 1.807) is 0 Å². The van der Waals surface area contributed by atoms with Crippen molar-refractivity contribution < 1.29 is 57.9 Å². The summed E-state index contributed by atoms with van der Waals surface area (Å²) in [5.74, 6) is -1.22. The normalized spacial score (nSPS) is 17.6. The fourth-order valence-corrected chi connectivity index (χ4v) is 7.23. The zero-order chi connectivity index (χ0) is 32.8. The lowest BCUT2D eigenvalue weighted by atomic mass is 10.4. The fraction of sp³-hybridized carbons (Fsp3) is 0.524. The molecule has 6 atom stereocenters. The molecule has 0 fully saturated rings. The molecule has 4 rings (SSSR count). The van der Waals surface area contributed by atoms with E-state index < -0.39 is 85.4 Å². The predicted molar refractivity (Wildman–Crippen MR) is 152 cm³/mol. The van der Waals surface area contributed by atoms with E-state index in [-0.39, 0.29) is 34.0 Å². The van der Waals surface area contributed by atoms with Gasteiger partial charge in [-0.05, 0) is 0 Å². The van der Waals surface area contributed by atoms with Gasteiger partial charge in [-0.3, -0.25) is 18.3 Å². The molecule has 24 heteroatoms. The molecule has 248 valence electrons. The Morgan fingerprint density at radius 2 is 1.07 bits per heavy atom. The van der Waals surface area contributed by atoms with Crippen LogP contribution in [0, 0.1) is 0 Å². The van der Waals surface area contributed by atoms with Crippen molar-refractivity contribution in [1.82, 2.24) is 39.0 Å². The number of anilines is 2. The maximum atomic E-state index is 12.6. The summed E-state index contributed by atoms with van der Waals surface area (Å²) in [4.78, 5) is 44.3. The van der Waals surface area contributed by atoms with E-state index in [1.807, 2.05) is 0 Å². The van der Waals surface area contributed by atoms with E-state index in [4.69, 9.17) is 30.0 Å². The second-order valence-corrected chi connectivity index (χ2v) is 13.5. The Balaban J connectivity index is 1.32. The smallest absolute Gasteiger partial charge is 0.340 e. The van der Waals surface area contributed by atoms with E-state index in [0.29, 0.717) is 0 Å². The topological polar surface area (TPSA) is 332 Å². The number of nitrogen functional groups attached to an aromatic ring is 2. The van der Waals surface area contributed by atoms with Crippen LogP contribution in [0.4, 0.5) is 11.6 Å². The summed E-state index contributed by atoms with van der Waals surface area (Å²) in [7, 11) is -9.68. The van der Waals surface area contributed by atoms with Gasteiger partial charge in [-0.15, -0.1) is 0 Å². The number of rotatable bonds is 18. The van der Waals surface area contributed by atoms with Gasteiger partial charge in [0.25, 0.3) is 0 Å². The molecule has 0 saturated carbocycles. The van der Waals surface area contributed by atoms with Gasteiger partial charge in [0.15, 0.2) is 41.3 Å². The first kappa shape index (κ1) is 34.6. The Morgan fingerprint density at radius 1 is 0.667 bits per heavy atom. The molecule has 6 unspecified atom stereocenters. The van der Waals surface area contributed by atoms with Crippen LogP contribution in [0.25, 0.3) is 22.3 Å². The van der Waals surface area contributed by atoms with Crippen LogP contribution in [-0.4, -0.2) is 127 Å². The first-order valence-electron chi connectivity index (χ1n) is 12.9. The van der Waals surface area contributed by atoms with Crippen LogP contribution in [0.15, 0.2) is 25.3 Å². The van der Waals surface area contributed by atoms with Crippen LogP contribution >= 0.6 is 15.2 Å². The molecular formula is C21H32N10O12P2. The largest absolute Gasteiger partial charge is 0.394 e. The van der Waals surface area contributed by atoms with Crippen molar-refractivity contribution in [3.05, 3.63) is 25.3 Å². The van der Waals surface area contributed by atoms with Gasteiger partial charge >= 0.3 is 15.2 Å². The Bertz CT molecular complexity index is 1550. The second kappa shape index (κ2) is 14.9. The van der Waals surface area contributed by atoms with E-state index in [2.05, 4.69) is 29.9 Å².